The fraction of sp³-hybridized carbons (Fsp3) is 0.533. The molecule has 0 aliphatic carbocycles. The van der Waals surface area contributed by atoms with Crippen LogP contribution < -0.4 is 4.74 Å². The molecule has 0 saturated carbocycles. The van der Waals surface area contributed by atoms with Gasteiger partial charge in [0, 0.05) is 12.5 Å². The van der Waals surface area contributed by atoms with Crippen LogP contribution in [0.5, 0.6) is 5.75 Å². The monoisotopic (exact) mass is 231 g/mol. The summed E-state index contributed by atoms with van der Waals surface area (Å²) in [6, 6.07) is 4.12. The number of hydrogen-bond acceptors (Lipinski definition) is 1. The largest absolute Gasteiger partial charge is 0.494 e. The minimum absolute atomic E-state index is 0.0804. The maximum absolute atomic E-state index is 7.15. The van der Waals surface area contributed by atoms with E-state index in [1.54, 1.807) is 0 Å². The second-order valence-corrected chi connectivity index (χ2v) is 4.64. The van der Waals surface area contributed by atoms with Crippen LogP contribution >= 0.6 is 0 Å². The Hall–Kier alpha value is -1.49. The van der Waals surface area contributed by atoms with Crippen molar-refractivity contribution in [2.24, 2.45) is 0 Å². The first-order chi connectivity index (χ1) is 8.01. The van der Waals surface area contributed by atoms with Gasteiger partial charge in [-0.15, -0.1) is 0 Å². The Morgan fingerprint density at radius 1 is 1.24 bits per heavy atom. The first-order valence-electron chi connectivity index (χ1n) is 6.15. The van der Waals surface area contributed by atoms with E-state index in [9.17, 15) is 0 Å². The van der Waals surface area contributed by atoms with Crippen LogP contribution in [-0.2, 0) is 0 Å². The number of nitrogens with zero attached hydrogens (tertiary/aromatic N) is 1. The SMILES string of the molecule is [C-]#[N+]C(C)c1cc(C(C)C)c(OCC)cc1C. The third kappa shape index (κ3) is 3.00. The molecule has 1 rings (SSSR count). The van der Waals surface area contributed by atoms with Gasteiger partial charge in [-0.3, -0.25) is 0 Å². The molecule has 1 atom stereocenters. The molecule has 1 aromatic carbocycles. The molecule has 0 fully saturated rings. The molecule has 2 nitrogen and oxygen atoms in total. The molecule has 0 heterocycles. The quantitative estimate of drug-likeness (QED) is 0.696. The van der Waals surface area contributed by atoms with Crippen LogP contribution in [-0.4, -0.2) is 6.61 Å². The minimum atomic E-state index is -0.0804. The van der Waals surface area contributed by atoms with Gasteiger partial charge in [-0.1, -0.05) is 13.8 Å². The molecule has 1 unspecified atom stereocenters. The lowest BCUT2D eigenvalue weighted by molar-refractivity contribution is 0.335. The molecule has 92 valence electrons. The summed E-state index contributed by atoms with van der Waals surface area (Å²) in [6.07, 6.45) is 0. The van der Waals surface area contributed by atoms with Crippen molar-refractivity contribution in [3.8, 4) is 5.75 Å². The standard InChI is InChI=1S/C15H21NO/c1-7-17-15-8-11(4)14(12(5)16-6)9-13(15)10(2)3/h8-10,12H,7H2,1-5H3. The molecule has 0 N–H and O–H groups in total. The zero-order valence-electron chi connectivity index (χ0n) is 11.4. The van der Waals surface area contributed by atoms with E-state index in [4.69, 9.17) is 11.3 Å². The summed E-state index contributed by atoms with van der Waals surface area (Å²) in [7, 11) is 0. The van der Waals surface area contributed by atoms with Crippen molar-refractivity contribution >= 4 is 0 Å². The second-order valence-electron chi connectivity index (χ2n) is 4.64. The number of ether oxygens (including phenoxy) is 1. The van der Waals surface area contributed by atoms with E-state index in [1.807, 2.05) is 20.8 Å². The highest BCUT2D eigenvalue weighted by Crippen LogP contribution is 2.33. The fourth-order valence-electron chi connectivity index (χ4n) is 1.97. The van der Waals surface area contributed by atoms with Gasteiger partial charge < -0.3 is 9.58 Å². The Labute approximate surface area is 104 Å². The fourth-order valence-corrected chi connectivity index (χ4v) is 1.97. The summed E-state index contributed by atoms with van der Waals surface area (Å²) in [6.45, 7) is 18.1. The molecule has 17 heavy (non-hydrogen) atoms. The van der Waals surface area contributed by atoms with E-state index in [2.05, 4.69) is 30.8 Å². The zero-order chi connectivity index (χ0) is 13.0. The Bertz CT molecular complexity index is 429. The van der Waals surface area contributed by atoms with E-state index in [0.717, 1.165) is 16.9 Å². The summed E-state index contributed by atoms with van der Waals surface area (Å²) in [5, 5.41) is 0. The van der Waals surface area contributed by atoms with Gasteiger partial charge in [-0.25, -0.2) is 6.57 Å². The van der Waals surface area contributed by atoms with Gasteiger partial charge in [0.15, 0.2) is 0 Å². The van der Waals surface area contributed by atoms with Crippen molar-refractivity contribution < 1.29 is 4.74 Å². The van der Waals surface area contributed by atoms with Crippen LogP contribution in [0.1, 0.15) is 56.3 Å². The molecule has 0 aromatic heterocycles. The smallest absolute Gasteiger partial charge is 0.246 e. The summed E-state index contributed by atoms with van der Waals surface area (Å²) >= 11 is 0. The van der Waals surface area contributed by atoms with Gasteiger partial charge >= 0.3 is 0 Å². The van der Waals surface area contributed by atoms with E-state index in [0.29, 0.717) is 12.5 Å². The molecule has 0 bridgehead atoms. The summed E-state index contributed by atoms with van der Waals surface area (Å²) in [4.78, 5) is 3.60. The number of benzene rings is 1. The molecule has 0 aliphatic heterocycles. The highest BCUT2D eigenvalue weighted by atomic mass is 16.5. The number of aryl methyl sites for hydroxylation is 1. The highest BCUT2D eigenvalue weighted by Gasteiger charge is 2.17. The van der Waals surface area contributed by atoms with Gasteiger partial charge in [0.05, 0.1) is 6.61 Å². The van der Waals surface area contributed by atoms with Crippen molar-refractivity contribution in [1.29, 1.82) is 0 Å². The van der Waals surface area contributed by atoms with Crippen molar-refractivity contribution in [3.63, 3.8) is 0 Å². The summed E-state index contributed by atoms with van der Waals surface area (Å²) in [5.74, 6) is 1.37. The van der Waals surface area contributed by atoms with E-state index in [-0.39, 0.29) is 6.04 Å². The molecule has 0 aliphatic rings. The Morgan fingerprint density at radius 3 is 2.35 bits per heavy atom. The molecule has 1 aromatic rings. The maximum atomic E-state index is 7.15. The molecule has 0 spiro atoms. The summed E-state index contributed by atoms with van der Waals surface area (Å²) < 4.78 is 5.67. The van der Waals surface area contributed by atoms with Crippen molar-refractivity contribution in [3.05, 3.63) is 40.2 Å². The number of hydrogen-bond donors (Lipinski definition) is 0. The van der Waals surface area contributed by atoms with Gasteiger partial charge in [0.1, 0.15) is 5.75 Å². The normalized spacial score (nSPS) is 12.3. The lowest BCUT2D eigenvalue weighted by atomic mass is 9.94. The Morgan fingerprint density at radius 2 is 1.88 bits per heavy atom. The first-order valence-corrected chi connectivity index (χ1v) is 6.15. The molecular formula is C15H21NO. The predicted octanol–water partition coefficient (Wildman–Crippen LogP) is 4.50. The lowest BCUT2D eigenvalue weighted by Gasteiger charge is -2.16. The third-order valence-corrected chi connectivity index (χ3v) is 2.96. The van der Waals surface area contributed by atoms with Gasteiger partial charge in [0.25, 0.3) is 0 Å². The first kappa shape index (κ1) is 13.6. The van der Waals surface area contributed by atoms with E-state index >= 15 is 0 Å². The van der Waals surface area contributed by atoms with Crippen molar-refractivity contribution in [2.45, 2.75) is 46.6 Å². The Kier molecular flexibility index (Phi) is 4.57. The van der Waals surface area contributed by atoms with Crippen LogP contribution in [0.25, 0.3) is 4.85 Å². The molecule has 0 radical (unpaired) electrons. The average Bonchev–Trinajstić information content (AvgIpc) is 2.28. The third-order valence-electron chi connectivity index (χ3n) is 2.96. The van der Waals surface area contributed by atoms with Gasteiger partial charge in [-0.2, -0.15) is 0 Å². The van der Waals surface area contributed by atoms with E-state index < -0.39 is 0 Å². The molecule has 0 amide bonds. The lowest BCUT2D eigenvalue weighted by Crippen LogP contribution is -2.02. The van der Waals surface area contributed by atoms with Crippen LogP contribution in [0.3, 0.4) is 0 Å². The zero-order valence-corrected chi connectivity index (χ0v) is 11.4. The van der Waals surface area contributed by atoms with E-state index in [1.165, 1.54) is 5.56 Å². The topological polar surface area (TPSA) is 13.6 Å². The molecular weight excluding hydrogens is 210 g/mol. The number of rotatable bonds is 4. The maximum Gasteiger partial charge on any atom is 0.246 e. The van der Waals surface area contributed by atoms with Gasteiger partial charge in [-0.05, 0) is 43.0 Å². The highest BCUT2D eigenvalue weighted by molar-refractivity contribution is 5.45. The van der Waals surface area contributed by atoms with Crippen molar-refractivity contribution in [1.82, 2.24) is 0 Å². The van der Waals surface area contributed by atoms with Crippen molar-refractivity contribution in [2.75, 3.05) is 6.61 Å². The minimum Gasteiger partial charge on any atom is -0.494 e. The molecule has 2 heteroatoms. The second kappa shape index (κ2) is 5.72. The van der Waals surface area contributed by atoms with Crippen LogP contribution in [0.2, 0.25) is 0 Å². The van der Waals surface area contributed by atoms with Crippen LogP contribution in [0.15, 0.2) is 12.1 Å². The van der Waals surface area contributed by atoms with Crippen LogP contribution in [0, 0.1) is 13.5 Å². The predicted molar refractivity (Wildman–Crippen MR) is 71.5 cm³/mol. The Balaban J connectivity index is 3.30. The molecule has 0 saturated heterocycles. The van der Waals surface area contributed by atoms with Gasteiger partial charge in [0.2, 0.25) is 6.04 Å². The average molecular weight is 231 g/mol. The summed E-state index contributed by atoms with van der Waals surface area (Å²) in [5.41, 5.74) is 3.46. The van der Waals surface area contributed by atoms with Crippen LogP contribution in [0.4, 0.5) is 0 Å².